The van der Waals surface area contributed by atoms with E-state index in [1.807, 2.05) is 12.1 Å². The number of hydrogen-bond donors (Lipinski definition) is 0. The number of nitrogens with zero attached hydrogens (tertiary/aromatic N) is 3. The van der Waals surface area contributed by atoms with E-state index in [1.54, 1.807) is 12.4 Å². The number of aromatic nitrogens is 3. The van der Waals surface area contributed by atoms with E-state index in [-0.39, 0.29) is 12.1 Å². The van der Waals surface area contributed by atoms with Crippen LogP contribution in [0.1, 0.15) is 80.3 Å². The number of hydrogen-bond acceptors (Lipinski definition) is 6. The van der Waals surface area contributed by atoms with Crippen molar-refractivity contribution in [2.24, 2.45) is 0 Å². The van der Waals surface area contributed by atoms with Crippen LogP contribution in [-0.2, 0) is 4.74 Å². The Morgan fingerprint density at radius 2 is 1.65 bits per heavy atom. The van der Waals surface area contributed by atoms with E-state index >= 15 is 0 Å². The molecule has 1 aliphatic rings. The van der Waals surface area contributed by atoms with Crippen LogP contribution in [0.3, 0.4) is 0 Å². The van der Waals surface area contributed by atoms with Crippen LogP contribution < -0.4 is 0 Å². The van der Waals surface area contributed by atoms with Crippen LogP contribution in [0.15, 0.2) is 24.5 Å². The molecule has 0 saturated heterocycles. The molecule has 6 heteroatoms. The first-order valence-electron chi connectivity index (χ1n) is 9.78. The molecule has 2 heterocycles. The standard InChI is InChI=1S/C20H27N3O2S/c24-20(19-18(22-23-26-19)16-11-10-14-21-15-16)25-17-12-8-6-4-2-1-3-5-7-9-13-17/h10-11,14-15,17H,1-9,12-13H2. The molecule has 3 rings (SSSR count). The molecule has 0 radical (unpaired) electrons. The zero-order valence-electron chi connectivity index (χ0n) is 15.2. The first kappa shape index (κ1) is 19.0. The summed E-state index contributed by atoms with van der Waals surface area (Å²) in [5, 5.41) is 4.11. The summed E-state index contributed by atoms with van der Waals surface area (Å²) in [6.07, 6.45) is 16.7. The Balaban J connectivity index is 1.63. The minimum absolute atomic E-state index is 0.00535. The molecule has 0 unspecified atom stereocenters. The molecule has 2 aromatic heterocycles. The molecule has 2 aromatic rings. The van der Waals surface area contributed by atoms with Crippen LogP contribution in [0, 0.1) is 0 Å². The van der Waals surface area contributed by atoms with Gasteiger partial charge in [0.15, 0.2) is 4.88 Å². The van der Waals surface area contributed by atoms with Crippen LogP contribution in [0.4, 0.5) is 0 Å². The molecule has 1 aliphatic carbocycles. The second kappa shape index (κ2) is 10.4. The molecule has 0 spiro atoms. The Kier molecular flexibility index (Phi) is 7.55. The second-order valence-electron chi connectivity index (χ2n) is 6.98. The van der Waals surface area contributed by atoms with Gasteiger partial charge in [0.05, 0.1) is 0 Å². The molecule has 0 aliphatic heterocycles. The van der Waals surface area contributed by atoms with Gasteiger partial charge in [-0.25, -0.2) is 4.79 Å². The van der Waals surface area contributed by atoms with Gasteiger partial charge in [0.2, 0.25) is 0 Å². The van der Waals surface area contributed by atoms with Gasteiger partial charge in [0.1, 0.15) is 11.8 Å². The quantitative estimate of drug-likeness (QED) is 0.671. The lowest BCUT2D eigenvalue weighted by molar-refractivity contribution is 0.0254. The summed E-state index contributed by atoms with van der Waals surface area (Å²) in [4.78, 5) is 17.3. The summed E-state index contributed by atoms with van der Waals surface area (Å²) in [5.41, 5.74) is 1.37. The second-order valence-corrected chi connectivity index (χ2v) is 7.73. The minimum atomic E-state index is -0.295. The van der Waals surface area contributed by atoms with Crippen molar-refractivity contribution in [1.29, 1.82) is 0 Å². The molecular weight excluding hydrogens is 346 g/mol. The normalized spacial score (nSPS) is 17.8. The topological polar surface area (TPSA) is 65.0 Å². The maximum atomic E-state index is 12.7. The predicted octanol–water partition coefficient (Wildman–Crippen LogP) is 5.43. The van der Waals surface area contributed by atoms with E-state index in [2.05, 4.69) is 14.6 Å². The fourth-order valence-corrected chi connectivity index (χ4v) is 4.04. The summed E-state index contributed by atoms with van der Waals surface area (Å²) >= 11 is 1.10. The number of carbonyl (C=O) groups is 1. The highest BCUT2D eigenvalue weighted by Crippen LogP contribution is 2.26. The van der Waals surface area contributed by atoms with Crippen LogP contribution >= 0.6 is 11.5 Å². The van der Waals surface area contributed by atoms with Gasteiger partial charge in [0.25, 0.3) is 0 Å². The SMILES string of the molecule is O=C(OC1CCCCCCCCCCC1)c1snnc1-c1cccnc1. The third kappa shape index (κ3) is 5.59. The molecule has 0 atom stereocenters. The van der Waals surface area contributed by atoms with E-state index in [0.29, 0.717) is 10.6 Å². The van der Waals surface area contributed by atoms with Gasteiger partial charge in [0, 0.05) is 18.0 Å². The van der Waals surface area contributed by atoms with Crippen molar-refractivity contribution < 1.29 is 9.53 Å². The summed E-state index contributed by atoms with van der Waals surface area (Å²) in [5.74, 6) is -0.295. The molecule has 0 aromatic carbocycles. The van der Waals surface area contributed by atoms with Crippen LogP contribution in [0.25, 0.3) is 11.3 Å². The van der Waals surface area contributed by atoms with E-state index < -0.39 is 0 Å². The number of esters is 1. The monoisotopic (exact) mass is 373 g/mol. The van der Waals surface area contributed by atoms with Crippen molar-refractivity contribution in [2.75, 3.05) is 0 Å². The molecule has 140 valence electrons. The molecule has 0 N–H and O–H groups in total. The van der Waals surface area contributed by atoms with Crippen molar-refractivity contribution in [3.8, 4) is 11.3 Å². The van der Waals surface area contributed by atoms with Crippen LogP contribution in [0.2, 0.25) is 0 Å². The Bertz CT molecular complexity index is 663. The molecule has 0 amide bonds. The first-order valence-corrected chi connectivity index (χ1v) is 10.6. The summed E-state index contributed by atoms with van der Waals surface area (Å²) in [7, 11) is 0. The Morgan fingerprint density at radius 3 is 2.27 bits per heavy atom. The number of carbonyl (C=O) groups excluding carboxylic acids is 1. The largest absolute Gasteiger partial charge is 0.458 e. The highest BCUT2D eigenvalue weighted by molar-refractivity contribution is 7.08. The molecular formula is C20H27N3O2S. The Labute approximate surface area is 159 Å². The van der Waals surface area contributed by atoms with Gasteiger partial charge < -0.3 is 4.74 Å². The minimum Gasteiger partial charge on any atom is -0.458 e. The lowest BCUT2D eigenvalue weighted by Crippen LogP contribution is -2.18. The van der Waals surface area contributed by atoms with Gasteiger partial charge >= 0.3 is 5.97 Å². The lowest BCUT2D eigenvalue weighted by Gasteiger charge is -2.18. The maximum absolute atomic E-state index is 12.7. The predicted molar refractivity (Wildman–Crippen MR) is 103 cm³/mol. The van der Waals surface area contributed by atoms with Crippen LogP contribution in [0.5, 0.6) is 0 Å². The van der Waals surface area contributed by atoms with E-state index in [1.165, 1.54) is 44.9 Å². The van der Waals surface area contributed by atoms with Crippen molar-refractivity contribution in [3.05, 3.63) is 29.4 Å². The van der Waals surface area contributed by atoms with E-state index in [0.717, 1.165) is 42.8 Å². The van der Waals surface area contributed by atoms with Crippen molar-refractivity contribution in [2.45, 2.75) is 76.7 Å². The van der Waals surface area contributed by atoms with Crippen molar-refractivity contribution >= 4 is 17.5 Å². The molecule has 26 heavy (non-hydrogen) atoms. The maximum Gasteiger partial charge on any atom is 0.352 e. The molecule has 1 saturated carbocycles. The van der Waals surface area contributed by atoms with Crippen molar-refractivity contribution in [3.63, 3.8) is 0 Å². The fourth-order valence-electron chi connectivity index (χ4n) is 3.46. The van der Waals surface area contributed by atoms with E-state index in [4.69, 9.17) is 4.74 Å². The molecule has 0 bridgehead atoms. The average Bonchev–Trinajstić information content (AvgIpc) is 3.14. The summed E-state index contributed by atoms with van der Waals surface area (Å²) < 4.78 is 9.83. The zero-order chi connectivity index (χ0) is 18.0. The van der Waals surface area contributed by atoms with Gasteiger partial charge in [-0.15, -0.1) is 5.10 Å². The Hall–Kier alpha value is -1.82. The fraction of sp³-hybridized carbons (Fsp3) is 0.600. The van der Waals surface area contributed by atoms with Gasteiger partial charge in [-0.05, 0) is 49.3 Å². The number of rotatable bonds is 3. The smallest absolute Gasteiger partial charge is 0.352 e. The summed E-state index contributed by atoms with van der Waals surface area (Å²) in [6.45, 7) is 0. The van der Waals surface area contributed by atoms with Crippen molar-refractivity contribution in [1.82, 2.24) is 14.6 Å². The summed E-state index contributed by atoms with van der Waals surface area (Å²) in [6, 6.07) is 3.72. The highest BCUT2D eigenvalue weighted by atomic mass is 32.1. The van der Waals surface area contributed by atoms with Gasteiger partial charge in [-0.1, -0.05) is 49.4 Å². The van der Waals surface area contributed by atoms with Gasteiger partial charge in [-0.2, -0.15) is 0 Å². The highest BCUT2D eigenvalue weighted by Gasteiger charge is 2.22. The van der Waals surface area contributed by atoms with E-state index in [9.17, 15) is 4.79 Å². The third-order valence-electron chi connectivity index (χ3n) is 4.93. The lowest BCUT2D eigenvalue weighted by atomic mass is 9.99. The van der Waals surface area contributed by atoms with Crippen LogP contribution in [-0.4, -0.2) is 26.6 Å². The average molecular weight is 374 g/mol. The number of pyridine rings is 1. The zero-order valence-corrected chi connectivity index (χ0v) is 16.0. The third-order valence-corrected chi connectivity index (χ3v) is 5.64. The molecule has 1 fully saturated rings. The molecule has 5 nitrogen and oxygen atoms in total. The first-order chi connectivity index (χ1) is 12.8. The van der Waals surface area contributed by atoms with Gasteiger partial charge in [-0.3, -0.25) is 4.98 Å². The Morgan fingerprint density at radius 1 is 1.00 bits per heavy atom. The number of ether oxygens (including phenoxy) is 1.